The van der Waals surface area contributed by atoms with Crippen LogP contribution in [-0.4, -0.2) is 13.1 Å². The van der Waals surface area contributed by atoms with Crippen molar-refractivity contribution in [2.24, 2.45) is 0 Å². The second-order valence-corrected chi connectivity index (χ2v) is 2.02. The minimum atomic E-state index is -0.426. The number of benzene rings is 1. The second kappa shape index (κ2) is 4.86. The van der Waals surface area contributed by atoms with Gasteiger partial charge in [0.15, 0.2) is 0 Å². The van der Waals surface area contributed by atoms with Crippen molar-refractivity contribution in [2.45, 2.75) is 0 Å². The van der Waals surface area contributed by atoms with Gasteiger partial charge in [-0.05, 0) is 12.1 Å². The van der Waals surface area contributed by atoms with Gasteiger partial charge in [0.2, 0.25) is 0 Å². The fourth-order valence-corrected chi connectivity index (χ4v) is 0.709. The summed E-state index contributed by atoms with van der Waals surface area (Å²) in [5.41, 5.74) is 0.395. The summed E-state index contributed by atoms with van der Waals surface area (Å²) in [5.74, 6) is -0.539. The van der Waals surface area contributed by atoms with Crippen LogP contribution in [-0.2, 0) is 4.74 Å². The first-order valence-electron chi connectivity index (χ1n) is 3.09. The molecule has 0 amide bonds. The number of ether oxygens (including phenoxy) is 1. The van der Waals surface area contributed by atoms with Gasteiger partial charge in [-0.3, -0.25) is 0 Å². The Balaban J connectivity index is 0.00000121. The summed E-state index contributed by atoms with van der Waals surface area (Å²) in [6.45, 7) is 0. The molecule has 0 aliphatic carbocycles. The first-order chi connectivity index (χ1) is 5.24. The summed E-state index contributed by atoms with van der Waals surface area (Å²) >= 11 is 0. The normalized spacial score (nSPS) is 8.42. The third-order valence-electron chi connectivity index (χ3n) is 1.28. The molecule has 3 nitrogen and oxygen atoms in total. The number of carbonyl (C=O) groups is 1. The molecule has 0 saturated heterocycles. The maximum atomic E-state index is 10.8. The Labute approximate surface area is 82.5 Å². The van der Waals surface area contributed by atoms with Crippen molar-refractivity contribution in [2.75, 3.05) is 7.11 Å². The van der Waals surface area contributed by atoms with Crippen molar-refractivity contribution in [1.82, 2.24) is 0 Å². The quantitative estimate of drug-likeness (QED) is 0.337. The number of carbonyl (C=O) groups excluding carboxylic acids is 1. The van der Waals surface area contributed by atoms with Crippen LogP contribution in [0.2, 0.25) is 0 Å². The molecular weight excluding hydrogens is 151 g/mol. The molecule has 0 spiro atoms. The predicted octanol–water partition coefficient (Wildman–Crippen LogP) is -2.45. The van der Waals surface area contributed by atoms with Crippen LogP contribution >= 0.6 is 0 Å². The van der Waals surface area contributed by atoms with E-state index in [1.807, 2.05) is 0 Å². The summed E-state index contributed by atoms with van der Waals surface area (Å²) in [4.78, 5) is 10.8. The molecule has 0 saturated carbocycles. The van der Waals surface area contributed by atoms with Crippen LogP contribution in [0.5, 0.6) is 5.75 Å². The van der Waals surface area contributed by atoms with Crippen LogP contribution in [0.1, 0.15) is 10.4 Å². The average Bonchev–Trinajstić information content (AvgIpc) is 2.05. The van der Waals surface area contributed by atoms with Crippen LogP contribution < -0.4 is 24.0 Å². The molecule has 12 heavy (non-hydrogen) atoms. The summed E-state index contributed by atoms with van der Waals surface area (Å²) in [7, 11) is 1.30. The maximum Gasteiger partial charge on any atom is 1.00 e. The molecule has 4 heteroatoms. The minimum absolute atomic E-state index is 0. The largest absolute Gasteiger partial charge is 1.00 e. The molecule has 0 fully saturated rings. The Hall–Kier alpha value is -0.913. The van der Waals surface area contributed by atoms with E-state index in [9.17, 15) is 9.90 Å². The van der Waals surface area contributed by atoms with Crippen LogP contribution in [0.25, 0.3) is 0 Å². The molecule has 1 aromatic carbocycles. The molecule has 0 aliphatic heterocycles. The summed E-state index contributed by atoms with van der Waals surface area (Å²) in [5, 5.41) is 10.6. The van der Waals surface area contributed by atoms with E-state index in [1.165, 1.54) is 31.4 Å². The monoisotopic (exact) mass is 158 g/mol. The number of hydrogen-bond donors (Lipinski definition) is 0. The second-order valence-electron chi connectivity index (χ2n) is 2.02. The van der Waals surface area contributed by atoms with Crippen LogP contribution in [0.15, 0.2) is 24.3 Å². The van der Waals surface area contributed by atoms with Gasteiger partial charge in [0.25, 0.3) is 0 Å². The molecule has 0 radical (unpaired) electrons. The molecule has 1 aromatic rings. The van der Waals surface area contributed by atoms with Crippen molar-refractivity contribution in [3.8, 4) is 5.75 Å². The van der Waals surface area contributed by atoms with E-state index in [0.29, 0.717) is 5.56 Å². The van der Waals surface area contributed by atoms with Gasteiger partial charge in [0.05, 0.1) is 12.7 Å². The van der Waals surface area contributed by atoms with Crippen LogP contribution in [0.4, 0.5) is 0 Å². The van der Waals surface area contributed by atoms with E-state index in [2.05, 4.69) is 4.74 Å². The molecule has 0 bridgehead atoms. The molecular formula is C8H7LiO3. The molecule has 58 valence electrons. The van der Waals surface area contributed by atoms with Crippen LogP contribution in [0, 0.1) is 0 Å². The predicted molar refractivity (Wildman–Crippen MR) is 37.2 cm³/mol. The number of hydrogen-bond acceptors (Lipinski definition) is 3. The van der Waals surface area contributed by atoms with Gasteiger partial charge in [-0.25, -0.2) is 4.79 Å². The van der Waals surface area contributed by atoms with Gasteiger partial charge >= 0.3 is 24.8 Å². The topological polar surface area (TPSA) is 49.4 Å². The van der Waals surface area contributed by atoms with Crippen LogP contribution in [0.3, 0.4) is 0 Å². The molecule has 0 heterocycles. The van der Waals surface area contributed by atoms with E-state index in [-0.39, 0.29) is 24.6 Å². The first-order valence-corrected chi connectivity index (χ1v) is 3.09. The summed E-state index contributed by atoms with van der Waals surface area (Å²) < 4.78 is 4.44. The van der Waals surface area contributed by atoms with Gasteiger partial charge in [0.1, 0.15) is 0 Å². The maximum absolute atomic E-state index is 10.8. The van der Waals surface area contributed by atoms with Gasteiger partial charge in [0, 0.05) is 0 Å². The smallest absolute Gasteiger partial charge is 0.872 e. The van der Waals surface area contributed by atoms with Gasteiger partial charge in [-0.2, -0.15) is 0 Å². The Morgan fingerprint density at radius 1 is 1.33 bits per heavy atom. The summed E-state index contributed by atoms with van der Waals surface area (Å²) in [6, 6.07) is 5.53. The molecule has 0 atom stereocenters. The number of esters is 1. The Kier molecular flexibility index (Phi) is 4.49. The third kappa shape index (κ3) is 2.61. The molecule has 0 aliphatic rings. The fourth-order valence-electron chi connectivity index (χ4n) is 0.709. The average molecular weight is 158 g/mol. The molecule has 0 aromatic heterocycles. The third-order valence-corrected chi connectivity index (χ3v) is 1.28. The van der Waals surface area contributed by atoms with Gasteiger partial charge < -0.3 is 9.84 Å². The van der Waals surface area contributed by atoms with E-state index in [4.69, 9.17) is 0 Å². The molecule has 0 N–H and O–H groups in total. The molecule has 0 unspecified atom stereocenters. The van der Waals surface area contributed by atoms with Gasteiger partial charge in [-0.1, -0.05) is 12.1 Å². The fraction of sp³-hybridized carbons (Fsp3) is 0.125. The first kappa shape index (κ1) is 11.1. The van der Waals surface area contributed by atoms with Crippen molar-refractivity contribution in [3.05, 3.63) is 29.8 Å². The van der Waals surface area contributed by atoms with E-state index < -0.39 is 5.97 Å². The van der Waals surface area contributed by atoms with Gasteiger partial charge in [-0.15, -0.1) is 5.75 Å². The van der Waals surface area contributed by atoms with Crippen molar-refractivity contribution >= 4 is 5.97 Å². The Bertz CT molecular complexity index is 256. The number of rotatable bonds is 1. The zero-order chi connectivity index (χ0) is 8.27. The van der Waals surface area contributed by atoms with E-state index >= 15 is 0 Å². The minimum Gasteiger partial charge on any atom is -0.872 e. The van der Waals surface area contributed by atoms with Crippen molar-refractivity contribution in [3.63, 3.8) is 0 Å². The zero-order valence-electron chi connectivity index (χ0n) is 7.03. The van der Waals surface area contributed by atoms with E-state index in [0.717, 1.165) is 0 Å². The van der Waals surface area contributed by atoms with Crippen molar-refractivity contribution in [1.29, 1.82) is 0 Å². The molecule has 1 rings (SSSR count). The Morgan fingerprint density at radius 2 is 1.83 bits per heavy atom. The van der Waals surface area contributed by atoms with E-state index in [1.54, 1.807) is 0 Å². The summed E-state index contributed by atoms with van der Waals surface area (Å²) in [6.07, 6.45) is 0. The standard InChI is InChI=1S/C8H8O3.Li/c1-11-8(10)6-2-4-7(9)5-3-6;/h2-5,9H,1H3;/q;+1/p-1. The number of methoxy groups -OCH3 is 1. The van der Waals surface area contributed by atoms with Crippen molar-refractivity contribution < 1.29 is 33.5 Å². The Morgan fingerprint density at radius 3 is 2.25 bits per heavy atom. The SMILES string of the molecule is COC(=O)c1ccc([O-])cc1.[Li+]. The zero-order valence-corrected chi connectivity index (χ0v) is 7.03.